The topological polar surface area (TPSA) is 49.9 Å². The van der Waals surface area contributed by atoms with Crippen LogP contribution in [-0.4, -0.2) is 60.0 Å². The first-order chi connectivity index (χ1) is 11.0. The monoisotopic (exact) mass is 324 g/mol. The number of hydrogen-bond donors (Lipinski definition) is 0. The van der Waals surface area contributed by atoms with E-state index in [-0.39, 0.29) is 23.7 Å². The lowest BCUT2D eigenvalue weighted by atomic mass is 10.1. The van der Waals surface area contributed by atoms with Gasteiger partial charge >= 0.3 is 5.97 Å². The number of amides is 1. The zero-order valence-corrected chi connectivity index (χ0v) is 12.8. The van der Waals surface area contributed by atoms with Gasteiger partial charge in [0.1, 0.15) is 23.8 Å². The molecule has 23 heavy (non-hydrogen) atoms. The highest BCUT2D eigenvalue weighted by Gasteiger charge is 2.38. The van der Waals surface area contributed by atoms with E-state index in [2.05, 4.69) is 0 Å². The van der Waals surface area contributed by atoms with E-state index in [0.29, 0.717) is 38.7 Å². The van der Waals surface area contributed by atoms with Crippen LogP contribution in [0.4, 0.5) is 8.78 Å². The molecule has 5 nitrogen and oxygen atoms in total. The zero-order valence-electron chi connectivity index (χ0n) is 12.8. The normalized spacial score (nSPS) is 25.5. The molecular formula is C16H18F2N2O3. The van der Waals surface area contributed by atoms with Gasteiger partial charge in [0, 0.05) is 38.7 Å². The van der Waals surface area contributed by atoms with E-state index in [1.165, 1.54) is 4.90 Å². The summed E-state index contributed by atoms with van der Waals surface area (Å²) in [5.74, 6) is -2.24. The Morgan fingerprint density at radius 2 is 1.91 bits per heavy atom. The van der Waals surface area contributed by atoms with E-state index in [4.69, 9.17) is 4.74 Å². The maximum atomic E-state index is 13.7. The number of hydrogen-bond acceptors (Lipinski definition) is 4. The molecular weight excluding hydrogens is 306 g/mol. The van der Waals surface area contributed by atoms with Crippen molar-refractivity contribution in [3.05, 3.63) is 35.4 Å². The third-order valence-corrected chi connectivity index (χ3v) is 4.35. The molecule has 2 aliphatic heterocycles. The second-order valence-electron chi connectivity index (χ2n) is 5.95. The molecule has 2 fully saturated rings. The Labute approximate surface area is 132 Å². The van der Waals surface area contributed by atoms with Crippen LogP contribution in [0.15, 0.2) is 18.2 Å². The summed E-state index contributed by atoms with van der Waals surface area (Å²) in [6.45, 7) is 3.71. The lowest BCUT2D eigenvalue weighted by Crippen LogP contribution is -2.53. The maximum absolute atomic E-state index is 13.7. The van der Waals surface area contributed by atoms with E-state index < -0.39 is 17.5 Å². The van der Waals surface area contributed by atoms with E-state index in [1.54, 1.807) is 0 Å². The predicted molar refractivity (Wildman–Crippen MR) is 77.8 cm³/mol. The molecule has 0 saturated carbocycles. The van der Waals surface area contributed by atoms with Crippen LogP contribution in [-0.2, 0) is 9.53 Å². The van der Waals surface area contributed by atoms with Crippen molar-refractivity contribution in [2.24, 2.45) is 0 Å². The van der Waals surface area contributed by atoms with E-state index in [9.17, 15) is 18.4 Å². The van der Waals surface area contributed by atoms with E-state index in [0.717, 1.165) is 12.1 Å². The Kier molecular flexibility index (Phi) is 4.30. The van der Waals surface area contributed by atoms with Crippen LogP contribution in [0, 0.1) is 11.6 Å². The number of carbonyl (C=O) groups is 2. The molecule has 0 radical (unpaired) electrons. The second-order valence-corrected chi connectivity index (χ2v) is 5.95. The van der Waals surface area contributed by atoms with Crippen LogP contribution in [0.5, 0.6) is 0 Å². The highest BCUT2D eigenvalue weighted by atomic mass is 19.1. The van der Waals surface area contributed by atoms with Crippen molar-refractivity contribution in [2.45, 2.75) is 25.5 Å². The number of rotatable bonds is 2. The SMILES string of the molecule is C[C@H]1C[C@H](N2CCN(C(=O)c3ccc(F)cc3F)CC2)C(=O)O1. The van der Waals surface area contributed by atoms with Gasteiger partial charge in [0.05, 0.1) is 5.56 Å². The molecule has 0 aromatic heterocycles. The largest absolute Gasteiger partial charge is 0.461 e. The zero-order chi connectivity index (χ0) is 16.6. The molecule has 124 valence electrons. The minimum absolute atomic E-state index is 0.0829. The van der Waals surface area contributed by atoms with Gasteiger partial charge in [-0.1, -0.05) is 0 Å². The molecule has 1 aromatic carbocycles. The summed E-state index contributed by atoms with van der Waals surface area (Å²) in [5, 5.41) is 0. The number of esters is 1. The Bertz CT molecular complexity index is 630. The minimum atomic E-state index is -0.856. The van der Waals surface area contributed by atoms with Crippen molar-refractivity contribution in [3.8, 4) is 0 Å². The summed E-state index contributed by atoms with van der Waals surface area (Å²) < 4.78 is 31.8. The highest BCUT2D eigenvalue weighted by molar-refractivity contribution is 5.94. The smallest absolute Gasteiger partial charge is 0.323 e. The predicted octanol–water partition coefficient (Wildman–Crippen LogP) is 1.43. The van der Waals surface area contributed by atoms with Crippen molar-refractivity contribution in [1.82, 2.24) is 9.80 Å². The average Bonchev–Trinajstić information content (AvgIpc) is 2.85. The Morgan fingerprint density at radius 1 is 1.22 bits per heavy atom. The first-order valence-electron chi connectivity index (χ1n) is 7.64. The maximum Gasteiger partial charge on any atom is 0.323 e. The molecule has 7 heteroatoms. The molecule has 1 aromatic rings. The Morgan fingerprint density at radius 3 is 2.48 bits per heavy atom. The molecule has 0 aliphatic carbocycles. The molecule has 0 spiro atoms. The number of ether oxygens (including phenoxy) is 1. The lowest BCUT2D eigenvalue weighted by Gasteiger charge is -2.36. The van der Waals surface area contributed by atoms with Gasteiger partial charge in [-0.15, -0.1) is 0 Å². The molecule has 0 bridgehead atoms. The van der Waals surface area contributed by atoms with Gasteiger partial charge in [-0.3, -0.25) is 14.5 Å². The summed E-state index contributed by atoms with van der Waals surface area (Å²) in [7, 11) is 0. The second kappa shape index (κ2) is 6.23. The minimum Gasteiger partial charge on any atom is -0.461 e. The molecule has 3 rings (SSSR count). The Balaban J connectivity index is 1.62. The molecule has 0 N–H and O–H groups in total. The van der Waals surface area contributed by atoms with Crippen LogP contribution in [0.25, 0.3) is 0 Å². The van der Waals surface area contributed by atoms with Gasteiger partial charge in [0.15, 0.2) is 0 Å². The highest BCUT2D eigenvalue weighted by Crippen LogP contribution is 2.22. The van der Waals surface area contributed by atoms with Crippen molar-refractivity contribution in [2.75, 3.05) is 26.2 Å². The van der Waals surface area contributed by atoms with E-state index >= 15 is 0 Å². The molecule has 2 saturated heterocycles. The van der Waals surface area contributed by atoms with Crippen molar-refractivity contribution in [3.63, 3.8) is 0 Å². The van der Waals surface area contributed by atoms with Gasteiger partial charge in [-0.2, -0.15) is 0 Å². The van der Waals surface area contributed by atoms with Crippen molar-refractivity contribution in [1.29, 1.82) is 0 Å². The van der Waals surface area contributed by atoms with Gasteiger partial charge < -0.3 is 9.64 Å². The molecule has 2 aliphatic rings. The quantitative estimate of drug-likeness (QED) is 0.772. The van der Waals surface area contributed by atoms with Crippen molar-refractivity contribution >= 4 is 11.9 Å². The molecule has 1 amide bonds. The van der Waals surface area contributed by atoms with Gasteiger partial charge in [0.2, 0.25) is 0 Å². The van der Waals surface area contributed by atoms with Gasteiger partial charge in [-0.25, -0.2) is 8.78 Å². The number of piperazine rings is 1. The number of nitrogens with zero attached hydrogens (tertiary/aromatic N) is 2. The lowest BCUT2D eigenvalue weighted by molar-refractivity contribution is -0.145. The van der Waals surface area contributed by atoms with E-state index in [1.807, 2.05) is 11.8 Å². The standard InChI is InChI=1S/C16H18F2N2O3/c1-10-8-14(16(22)23-10)19-4-6-20(7-5-19)15(21)12-3-2-11(17)9-13(12)18/h2-3,9-10,14H,4-8H2,1H3/t10-,14-/m0/s1. The van der Waals surface area contributed by atoms with Crippen LogP contribution in [0.1, 0.15) is 23.7 Å². The number of cyclic esters (lactones) is 1. The third kappa shape index (κ3) is 3.19. The first-order valence-corrected chi connectivity index (χ1v) is 7.64. The third-order valence-electron chi connectivity index (χ3n) is 4.35. The number of carbonyl (C=O) groups excluding carboxylic acids is 2. The molecule has 0 unspecified atom stereocenters. The summed E-state index contributed by atoms with van der Waals surface area (Å²) in [5.41, 5.74) is -0.131. The fraction of sp³-hybridized carbons (Fsp3) is 0.500. The fourth-order valence-corrected chi connectivity index (χ4v) is 3.10. The summed E-state index contributed by atoms with van der Waals surface area (Å²) in [6.07, 6.45) is 0.569. The number of benzene rings is 1. The van der Waals surface area contributed by atoms with Crippen LogP contribution >= 0.6 is 0 Å². The van der Waals surface area contributed by atoms with Gasteiger partial charge in [-0.05, 0) is 19.1 Å². The first kappa shape index (κ1) is 15.9. The molecule has 2 heterocycles. The fourth-order valence-electron chi connectivity index (χ4n) is 3.10. The average molecular weight is 324 g/mol. The summed E-state index contributed by atoms with van der Waals surface area (Å²) in [6, 6.07) is 2.68. The molecule has 2 atom stereocenters. The van der Waals surface area contributed by atoms with Crippen LogP contribution in [0.2, 0.25) is 0 Å². The number of halogens is 2. The van der Waals surface area contributed by atoms with Crippen molar-refractivity contribution < 1.29 is 23.1 Å². The van der Waals surface area contributed by atoms with Gasteiger partial charge in [0.25, 0.3) is 5.91 Å². The van der Waals surface area contributed by atoms with Crippen LogP contribution in [0.3, 0.4) is 0 Å². The summed E-state index contributed by atoms with van der Waals surface area (Å²) >= 11 is 0. The van der Waals surface area contributed by atoms with Crippen LogP contribution < -0.4 is 0 Å². The summed E-state index contributed by atoms with van der Waals surface area (Å²) in [4.78, 5) is 27.6. The Hall–Kier alpha value is -2.02.